The second kappa shape index (κ2) is 9.27. The Morgan fingerprint density at radius 3 is 2.33 bits per heavy atom. The van der Waals surface area contributed by atoms with Crippen LogP contribution in [0.2, 0.25) is 0 Å². The van der Waals surface area contributed by atoms with E-state index in [0.29, 0.717) is 31.1 Å². The van der Waals surface area contributed by atoms with Gasteiger partial charge in [-0.2, -0.15) is 13.2 Å². The summed E-state index contributed by atoms with van der Waals surface area (Å²) >= 11 is 5.47. The van der Waals surface area contributed by atoms with E-state index < -0.39 is 28.9 Å². The van der Waals surface area contributed by atoms with Gasteiger partial charge in [-0.15, -0.1) is 0 Å². The number of rotatable bonds is 7. The maximum Gasteiger partial charge on any atom is 0.407 e. The van der Waals surface area contributed by atoms with E-state index in [9.17, 15) is 18.0 Å². The normalized spacial score (nSPS) is 15.5. The Morgan fingerprint density at radius 2 is 1.76 bits per heavy atom. The molecule has 0 saturated carbocycles. The quantitative estimate of drug-likeness (QED) is 0.302. The Hall–Kier alpha value is -3.32. The second-order valence-corrected chi connectivity index (χ2v) is 8.19. The van der Waals surface area contributed by atoms with Crippen molar-refractivity contribution in [3.63, 3.8) is 0 Å². The van der Waals surface area contributed by atoms with Gasteiger partial charge in [-0.05, 0) is 68.9 Å². The topological polar surface area (TPSA) is 46.4 Å². The van der Waals surface area contributed by atoms with Crippen LogP contribution in [-0.2, 0) is 11.0 Å². The number of amides is 1. The monoisotopic (exact) mass is 477 g/mol. The van der Waals surface area contributed by atoms with E-state index in [1.165, 1.54) is 6.07 Å². The lowest BCUT2D eigenvalue weighted by Crippen LogP contribution is -2.44. The molecule has 1 fully saturated rings. The molecule has 6 nitrogen and oxygen atoms in total. The summed E-state index contributed by atoms with van der Waals surface area (Å²) in [7, 11) is 1.57. The summed E-state index contributed by atoms with van der Waals surface area (Å²) in [4.78, 5) is 18.8. The molecule has 2 aromatic rings. The van der Waals surface area contributed by atoms with Crippen molar-refractivity contribution in [1.29, 1.82) is 0 Å². The largest absolute Gasteiger partial charge is 0.497 e. The predicted octanol–water partition coefficient (Wildman–Crippen LogP) is 5.45. The molecule has 1 aliphatic rings. The summed E-state index contributed by atoms with van der Waals surface area (Å²) in [5.41, 5.74) is -2.70. The van der Waals surface area contributed by atoms with Crippen LogP contribution in [0.3, 0.4) is 0 Å². The van der Waals surface area contributed by atoms with E-state index in [4.69, 9.17) is 28.3 Å². The molecule has 1 amide bonds. The molecule has 0 aliphatic carbocycles. The molecule has 10 heteroatoms. The number of methoxy groups -OCH3 is 1. The highest BCUT2D eigenvalue weighted by atomic mass is 32.1. The van der Waals surface area contributed by atoms with E-state index in [1.54, 1.807) is 50.1 Å². The third kappa shape index (κ3) is 4.88. The lowest BCUT2D eigenvalue weighted by molar-refractivity contribution is -0.136. The molecule has 33 heavy (non-hydrogen) atoms. The van der Waals surface area contributed by atoms with Crippen molar-refractivity contribution < 1.29 is 27.4 Å². The highest BCUT2D eigenvalue weighted by Gasteiger charge is 2.49. The first-order valence-corrected chi connectivity index (χ1v) is 10.4. The zero-order valence-corrected chi connectivity index (χ0v) is 19.1. The molecule has 0 spiro atoms. The van der Waals surface area contributed by atoms with Crippen molar-refractivity contribution >= 4 is 34.6 Å². The van der Waals surface area contributed by atoms with Gasteiger partial charge >= 0.3 is 6.18 Å². The summed E-state index contributed by atoms with van der Waals surface area (Å²) in [6.07, 6.45) is -4.20. The van der Waals surface area contributed by atoms with Crippen LogP contribution in [-0.4, -0.2) is 41.7 Å². The van der Waals surface area contributed by atoms with Crippen molar-refractivity contribution in [2.24, 2.45) is 0 Å². The number of carbonyl (C=O) groups excluding carboxylic acids is 1. The molecular weight excluding hydrogens is 455 g/mol. The Balaban J connectivity index is 1.73. The number of carbonyl (C=O) groups is 1. The number of thiocarbonyl (C=S) groups is 1. The minimum atomic E-state index is -4.73. The molecule has 0 N–H and O–H groups in total. The number of benzene rings is 2. The van der Waals surface area contributed by atoms with Gasteiger partial charge in [0, 0.05) is 12.2 Å². The van der Waals surface area contributed by atoms with Gasteiger partial charge < -0.3 is 14.4 Å². The lowest BCUT2D eigenvalue weighted by Gasteiger charge is -2.29. The Kier molecular flexibility index (Phi) is 6.84. The fourth-order valence-corrected chi connectivity index (χ4v) is 4.02. The van der Waals surface area contributed by atoms with Gasteiger partial charge in [0.2, 0.25) is 0 Å². The molecule has 1 aliphatic heterocycles. The zero-order chi connectivity index (χ0) is 24.4. The van der Waals surface area contributed by atoms with Crippen LogP contribution in [0.5, 0.6) is 11.5 Å². The zero-order valence-electron chi connectivity index (χ0n) is 18.3. The number of ether oxygens (including phenoxy) is 2. The van der Waals surface area contributed by atoms with Crippen molar-refractivity contribution in [2.75, 3.05) is 25.2 Å². The smallest absolute Gasteiger partial charge is 0.407 e. The molecule has 2 aromatic carbocycles. The van der Waals surface area contributed by atoms with Gasteiger partial charge in [0.1, 0.15) is 17.0 Å². The summed E-state index contributed by atoms with van der Waals surface area (Å²) in [5, 5.41) is 0.109. The van der Waals surface area contributed by atoms with E-state index in [2.05, 4.69) is 4.85 Å². The highest BCUT2D eigenvalue weighted by Crippen LogP contribution is 2.40. The predicted molar refractivity (Wildman–Crippen MR) is 122 cm³/mol. The van der Waals surface area contributed by atoms with Gasteiger partial charge in [-0.3, -0.25) is 9.69 Å². The van der Waals surface area contributed by atoms with Crippen molar-refractivity contribution in [1.82, 2.24) is 4.90 Å². The Bertz CT molecular complexity index is 1090. The van der Waals surface area contributed by atoms with Crippen LogP contribution < -0.4 is 14.4 Å². The van der Waals surface area contributed by atoms with Crippen LogP contribution >= 0.6 is 12.2 Å². The average molecular weight is 478 g/mol. The van der Waals surface area contributed by atoms with E-state index >= 15 is 0 Å². The van der Waals surface area contributed by atoms with Gasteiger partial charge in [0.15, 0.2) is 10.8 Å². The SMILES string of the molecule is [C-]#[N+]c1ccc(N2C(=O)C(C)(C)N(CCCOc3ccc(OC)cc3)C2=S)cc1C(F)(F)F. The molecular formula is C23H22F3N3O3S. The summed E-state index contributed by atoms with van der Waals surface area (Å²) in [5.74, 6) is 0.937. The Morgan fingerprint density at radius 1 is 1.12 bits per heavy atom. The first kappa shape index (κ1) is 24.3. The van der Waals surface area contributed by atoms with Crippen molar-refractivity contribution in [2.45, 2.75) is 32.0 Å². The lowest BCUT2D eigenvalue weighted by atomic mass is 10.0. The molecule has 0 radical (unpaired) electrons. The first-order chi connectivity index (χ1) is 15.5. The molecule has 1 saturated heterocycles. The average Bonchev–Trinajstić information content (AvgIpc) is 2.94. The van der Waals surface area contributed by atoms with E-state index in [0.717, 1.165) is 17.0 Å². The summed E-state index contributed by atoms with van der Waals surface area (Å²) in [6, 6.07) is 10.3. The number of anilines is 1. The number of nitrogens with zero attached hydrogens (tertiary/aromatic N) is 3. The van der Waals surface area contributed by atoms with Gasteiger partial charge in [-0.1, -0.05) is 6.07 Å². The minimum Gasteiger partial charge on any atom is -0.497 e. The van der Waals surface area contributed by atoms with Gasteiger partial charge in [-0.25, -0.2) is 4.85 Å². The maximum absolute atomic E-state index is 13.4. The minimum absolute atomic E-state index is 0.0187. The van der Waals surface area contributed by atoms with Crippen LogP contribution in [0.1, 0.15) is 25.8 Å². The number of halogens is 3. The standard InChI is InChI=1S/C23H22F3N3O3S/c1-22(2)20(30)29(15-6-11-19(27-3)18(14-15)23(24,25)26)21(33)28(22)12-5-13-32-17-9-7-16(31-4)8-10-17/h6-11,14H,5,12-13H2,1-2,4H3. The molecule has 174 valence electrons. The van der Waals surface area contributed by atoms with E-state index in [-0.39, 0.29) is 10.8 Å². The third-order valence-corrected chi connectivity index (χ3v) is 5.74. The Labute approximate surface area is 195 Å². The second-order valence-electron chi connectivity index (χ2n) is 7.82. The number of alkyl halides is 3. The van der Waals surface area contributed by atoms with Gasteiger partial charge in [0.05, 0.1) is 25.9 Å². The van der Waals surface area contributed by atoms with Crippen LogP contribution in [0, 0.1) is 6.57 Å². The van der Waals surface area contributed by atoms with Gasteiger partial charge in [0.25, 0.3) is 5.91 Å². The molecule has 0 aromatic heterocycles. The maximum atomic E-state index is 13.4. The van der Waals surface area contributed by atoms with Crippen LogP contribution in [0.25, 0.3) is 4.85 Å². The summed E-state index contributed by atoms with van der Waals surface area (Å²) < 4.78 is 51.0. The van der Waals surface area contributed by atoms with E-state index in [1.807, 2.05) is 0 Å². The van der Waals surface area contributed by atoms with Crippen LogP contribution in [0.4, 0.5) is 24.5 Å². The molecule has 3 rings (SSSR count). The molecule has 0 atom stereocenters. The molecule has 1 heterocycles. The fourth-order valence-electron chi connectivity index (χ4n) is 3.51. The third-order valence-electron chi connectivity index (χ3n) is 5.34. The fraction of sp³-hybridized carbons (Fsp3) is 0.348. The van der Waals surface area contributed by atoms with Crippen molar-refractivity contribution in [3.05, 3.63) is 59.4 Å². The number of hydrogen-bond donors (Lipinski definition) is 0. The van der Waals surface area contributed by atoms with Crippen LogP contribution in [0.15, 0.2) is 42.5 Å². The first-order valence-electron chi connectivity index (χ1n) is 10.0. The summed E-state index contributed by atoms with van der Waals surface area (Å²) in [6.45, 7) is 11.1. The highest BCUT2D eigenvalue weighted by molar-refractivity contribution is 7.80. The molecule has 0 unspecified atom stereocenters. The molecule has 0 bridgehead atoms. The number of hydrogen-bond acceptors (Lipinski definition) is 4. The van der Waals surface area contributed by atoms with Crippen molar-refractivity contribution in [3.8, 4) is 11.5 Å².